The molecule has 0 spiro atoms. The van der Waals surface area contributed by atoms with Crippen LogP contribution in [0.15, 0.2) is 46.0 Å². The predicted octanol–water partition coefficient (Wildman–Crippen LogP) is 1.58. The van der Waals surface area contributed by atoms with E-state index in [-0.39, 0.29) is 5.39 Å². The number of hydrogen-bond acceptors (Lipinski definition) is 6. The summed E-state index contributed by atoms with van der Waals surface area (Å²) in [6.07, 6.45) is -4.73. The number of rotatable bonds is 5. The zero-order valence-electron chi connectivity index (χ0n) is 18.3. The lowest BCUT2D eigenvalue weighted by molar-refractivity contribution is -0.141. The Morgan fingerprint density at radius 3 is 2.41 bits per heavy atom. The average molecular weight is 477 g/mol. The molecule has 9 nitrogen and oxygen atoms in total. The molecule has 3 heterocycles. The number of amides is 1. The van der Waals surface area contributed by atoms with Crippen LogP contribution in [0.5, 0.6) is 0 Å². The van der Waals surface area contributed by atoms with Crippen molar-refractivity contribution in [1.82, 2.24) is 19.0 Å². The van der Waals surface area contributed by atoms with Crippen molar-refractivity contribution < 1.29 is 22.7 Å². The number of aromatic nitrogens is 3. The van der Waals surface area contributed by atoms with Gasteiger partial charge in [-0.25, -0.2) is 9.78 Å². The summed E-state index contributed by atoms with van der Waals surface area (Å²) in [5.41, 5.74) is -1.92. The standard InChI is InChI=1S/C22H22F3N5O4/c1-28-19-16(6-7-17(27-19)22(23,24)25)20(32)30(21(28)33)13-18(31)26-15-4-2-14(3-5-15)12-29-8-10-34-11-9-29/h2-7H,8-13H2,1H3,(H,26,31). The van der Waals surface area contributed by atoms with E-state index in [2.05, 4.69) is 15.2 Å². The monoisotopic (exact) mass is 477 g/mol. The quantitative estimate of drug-likeness (QED) is 0.599. The van der Waals surface area contributed by atoms with Crippen molar-refractivity contribution >= 4 is 22.6 Å². The molecule has 2 aromatic heterocycles. The molecule has 0 radical (unpaired) electrons. The topological polar surface area (TPSA) is 98.5 Å². The molecule has 0 saturated carbocycles. The van der Waals surface area contributed by atoms with Gasteiger partial charge in [-0.05, 0) is 29.8 Å². The van der Waals surface area contributed by atoms with Crippen LogP contribution in [-0.2, 0) is 35.8 Å². The van der Waals surface area contributed by atoms with Crippen LogP contribution in [0.3, 0.4) is 0 Å². The van der Waals surface area contributed by atoms with E-state index in [0.29, 0.717) is 29.5 Å². The Morgan fingerprint density at radius 1 is 1.09 bits per heavy atom. The first-order chi connectivity index (χ1) is 16.1. The largest absolute Gasteiger partial charge is 0.433 e. The lowest BCUT2D eigenvalue weighted by Gasteiger charge is -2.26. The van der Waals surface area contributed by atoms with Gasteiger partial charge in [0, 0.05) is 32.4 Å². The Hall–Kier alpha value is -3.51. The van der Waals surface area contributed by atoms with E-state index in [0.717, 1.165) is 35.8 Å². The predicted molar refractivity (Wildman–Crippen MR) is 117 cm³/mol. The smallest absolute Gasteiger partial charge is 0.379 e. The number of pyridine rings is 1. The van der Waals surface area contributed by atoms with E-state index in [9.17, 15) is 27.6 Å². The fourth-order valence-electron chi connectivity index (χ4n) is 3.73. The summed E-state index contributed by atoms with van der Waals surface area (Å²) in [4.78, 5) is 43.5. The maximum absolute atomic E-state index is 13.0. The Kier molecular flexibility index (Phi) is 6.53. The molecule has 0 unspecified atom stereocenters. The molecule has 180 valence electrons. The van der Waals surface area contributed by atoms with Gasteiger partial charge < -0.3 is 10.1 Å². The van der Waals surface area contributed by atoms with Crippen molar-refractivity contribution in [1.29, 1.82) is 0 Å². The first-order valence-electron chi connectivity index (χ1n) is 10.5. The zero-order valence-corrected chi connectivity index (χ0v) is 18.3. The van der Waals surface area contributed by atoms with Crippen LogP contribution in [-0.4, -0.2) is 51.2 Å². The highest BCUT2D eigenvalue weighted by Gasteiger charge is 2.33. The number of aryl methyl sites for hydroxylation is 1. The number of morpholine rings is 1. The van der Waals surface area contributed by atoms with Gasteiger partial charge in [-0.1, -0.05) is 12.1 Å². The Morgan fingerprint density at radius 2 is 1.76 bits per heavy atom. The Labute approximate surface area is 191 Å². The number of nitrogens with zero attached hydrogens (tertiary/aromatic N) is 4. The Bertz CT molecular complexity index is 1330. The summed E-state index contributed by atoms with van der Waals surface area (Å²) in [5.74, 6) is -0.626. The van der Waals surface area contributed by atoms with Gasteiger partial charge in [0.05, 0.1) is 18.6 Å². The molecule has 12 heteroatoms. The summed E-state index contributed by atoms with van der Waals surface area (Å²) >= 11 is 0. The first kappa shape index (κ1) is 23.6. The molecule has 1 amide bonds. The number of anilines is 1. The number of hydrogen-bond donors (Lipinski definition) is 1. The van der Waals surface area contributed by atoms with Gasteiger partial charge in [-0.2, -0.15) is 13.2 Å². The third-order valence-electron chi connectivity index (χ3n) is 5.53. The third-order valence-corrected chi connectivity index (χ3v) is 5.53. The van der Waals surface area contributed by atoms with E-state index >= 15 is 0 Å². The van der Waals surface area contributed by atoms with Crippen LogP contribution in [0.4, 0.5) is 18.9 Å². The van der Waals surface area contributed by atoms with Crippen LogP contribution in [0.25, 0.3) is 11.0 Å². The van der Waals surface area contributed by atoms with Crippen molar-refractivity contribution in [2.24, 2.45) is 7.05 Å². The fourth-order valence-corrected chi connectivity index (χ4v) is 3.73. The molecule has 1 fully saturated rings. The van der Waals surface area contributed by atoms with Crippen LogP contribution in [0.1, 0.15) is 11.3 Å². The molecule has 0 aliphatic carbocycles. The highest BCUT2D eigenvalue weighted by Crippen LogP contribution is 2.28. The van der Waals surface area contributed by atoms with Gasteiger partial charge in [0.2, 0.25) is 5.91 Å². The summed E-state index contributed by atoms with van der Waals surface area (Å²) in [6, 6.07) is 8.80. The van der Waals surface area contributed by atoms with Gasteiger partial charge in [-0.15, -0.1) is 0 Å². The number of carbonyl (C=O) groups excluding carboxylic acids is 1. The lowest BCUT2D eigenvalue weighted by Crippen LogP contribution is -2.42. The van der Waals surface area contributed by atoms with E-state index in [1.807, 2.05) is 12.1 Å². The minimum Gasteiger partial charge on any atom is -0.379 e. The number of halogens is 3. The molecule has 4 rings (SSSR count). The molecular formula is C22H22F3N5O4. The second-order valence-corrected chi connectivity index (χ2v) is 7.93. The molecule has 1 saturated heterocycles. The molecule has 1 N–H and O–H groups in total. The van der Waals surface area contributed by atoms with Gasteiger partial charge in [0.1, 0.15) is 17.9 Å². The number of carbonyl (C=O) groups is 1. The van der Waals surface area contributed by atoms with E-state index in [1.54, 1.807) is 12.1 Å². The summed E-state index contributed by atoms with van der Waals surface area (Å²) in [6.45, 7) is 3.24. The fraction of sp³-hybridized carbons (Fsp3) is 0.364. The minimum absolute atomic E-state index is 0.199. The summed E-state index contributed by atoms with van der Waals surface area (Å²) in [7, 11) is 1.19. The first-order valence-corrected chi connectivity index (χ1v) is 10.5. The van der Waals surface area contributed by atoms with Crippen molar-refractivity contribution in [3.63, 3.8) is 0 Å². The van der Waals surface area contributed by atoms with Gasteiger partial charge in [-0.3, -0.25) is 23.6 Å². The van der Waals surface area contributed by atoms with E-state index in [4.69, 9.17) is 4.74 Å². The molecule has 1 aromatic carbocycles. The molecular weight excluding hydrogens is 455 g/mol. The number of nitrogens with one attached hydrogen (secondary N) is 1. The minimum atomic E-state index is -4.73. The van der Waals surface area contributed by atoms with Crippen molar-refractivity contribution in [2.45, 2.75) is 19.3 Å². The van der Waals surface area contributed by atoms with E-state index in [1.165, 1.54) is 7.05 Å². The number of benzene rings is 1. The van der Waals surface area contributed by atoms with Crippen molar-refractivity contribution in [3.8, 4) is 0 Å². The van der Waals surface area contributed by atoms with Gasteiger partial charge >= 0.3 is 11.9 Å². The van der Waals surface area contributed by atoms with Gasteiger partial charge in [0.25, 0.3) is 5.56 Å². The molecule has 0 bridgehead atoms. The molecule has 3 aromatic rings. The number of ether oxygens (including phenoxy) is 1. The average Bonchev–Trinajstić information content (AvgIpc) is 2.81. The van der Waals surface area contributed by atoms with Crippen LogP contribution in [0, 0.1) is 0 Å². The maximum Gasteiger partial charge on any atom is 0.433 e. The van der Waals surface area contributed by atoms with Crippen LogP contribution in [0.2, 0.25) is 0 Å². The molecule has 34 heavy (non-hydrogen) atoms. The summed E-state index contributed by atoms with van der Waals surface area (Å²) in [5, 5.41) is 2.43. The second kappa shape index (κ2) is 9.39. The van der Waals surface area contributed by atoms with Gasteiger partial charge in [0.15, 0.2) is 0 Å². The van der Waals surface area contributed by atoms with Crippen LogP contribution >= 0.6 is 0 Å². The highest BCUT2D eigenvalue weighted by atomic mass is 19.4. The molecule has 1 aliphatic heterocycles. The lowest BCUT2D eigenvalue weighted by atomic mass is 10.2. The normalized spacial score (nSPS) is 14.9. The third kappa shape index (κ3) is 5.02. The van der Waals surface area contributed by atoms with Crippen molar-refractivity contribution in [3.05, 3.63) is 68.5 Å². The second-order valence-electron chi connectivity index (χ2n) is 7.93. The number of fused-ring (bicyclic) bond motifs is 1. The maximum atomic E-state index is 13.0. The molecule has 0 atom stereocenters. The highest BCUT2D eigenvalue weighted by molar-refractivity contribution is 5.90. The van der Waals surface area contributed by atoms with Crippen LogP contribution < -0.4 is 16.6 Å². The zero-order chi connectivity index (χ0) is 24.5. The summed E-state index contributed by atoms with van der Waals surface area (Å²) < 4.78 is 45.7. The van der Waals surface area contributed by atoms with Crippen molar-refractivity contribution in [2.75, 3.05) is 31.6 Å². The van der Waals surface area contributed by atoms with E-state index < -0.39 is 41.2 Å². The Balaban J connectivity index is 1.50. The number of alkyl halides is 3. The molecule has 1 aliphatic rings. The SMILES string of the molecule is Cn1c(=O)n(CC(=O)Nc2ccc(CN3CCOCC3)cc2)c(=O)c2ccc(C(F)(F)F)nc21.